The van der Waals surface area contributed by atoms with Crippen LogP contribution in [0.5, 0.6) is 0 Å². The van der Waals surface area contributed by atoms with Crippen molar-refractivity contribution in [3.05, 3.63) is 46.0 Å². The maximum atomic E-state index is 6.23. The Hall–Kier alpha value is -1.10. The van der Waals surface area contributed by atoms with E-state index in [9.17, 15) is 0 Å². The van der Waals surface area contributed by atoms with E-state index in [-0.39, 0.29) is 6.04 Å². The normalized spacial score (nSPS) is 12.6. The van der Waals surface area contributed by atoms with E-state index in [4.69, 9.17) is 23.2 Å². The monoisotopic (exact) mass is 284 g/mol. The van der Waals surface area contributed by atoms with Crippen LogP contribution in [0.4, 0.5) is 0 Å². The van der Waals surface area contributed by atoms with Crippen LogP contribution in [0.25, 0.3) is 0 Å². The Morgan fingerprint density at radius 1 is 1.39 bits per heavy atom. The number of hydrogen-bond donors (Lipinski definition) is 2. The molecule has 1 aromatic carbocycles. The maximum absolute atomic E-state index is 6.23. The SMILES string of the molecule is CCCNC(c1ncn[nH]1)c1ccc(Cl)cc1Cl. The first kappa shape index (κ1) is 13.3. The first-order valence-corrected chi connectivity index (χ1v) is 6.51. The molecule has 2 rings (SSSR count). The minimum absolute atomic E-state index is 0.0998. The molecule has 0 aliphatic heterocycles. The number of aromatic nitrogens is 3. The molecule has 18 heavy (non-hydrogen) atoms. The van der Waals surface area contributed by atoms with E-state index >= 15 is 0 Å². The van der Waals surface area contributed by atoms with Crippen LogP contribution < -0.4 is 5.32 Å². The molecule has 0 saturated heterocycles. The zero-order chi connectivity index (χ0) is 13.0. The fraction of sp³-hybridized carbons (Fsp3) is 0.333. The summed E-state index contributed by atoms with van der Waals surface area (Å²) in [4.78, 5) is 4.19. The average molecular weight is 285 g/mol. The van der Waals surface area contributed by atoms with Gasteiger partial charge in [-0.15, -0.1) is 0 Å². The van der Waals surface area contributed by atoms with Gasteiger partial charge in [-0.05, 0) is 30.7 Å². The van der Waals surface area contributed by atoms with Gasteiger partial charge in [-0.1, -0.05) is 36.2 Å². The van der Waals surface area contributed by atoms with Gasteiger partial charge in [-0.25, -0.2) is 4.98 Å². The fourth-order valence-corrected chi connectivity index (χ4v) is 2.25. The van der Waals surface area contributed by atoms with E-state index in [1.165, 1.54) is 6.33 Å². The van der Waals surface area contributed by atoms with Gasteiger partial charge in [-0.2, -0.15) is 5.10 Å². The highest BCUT2D eigenvalue weighted by Crippen LogP contribution is 2.28. The van der Waals surface area contributed by atoms with Crippen LogP contribution in [0.2, 0.25) is 10.0 Å². The highest BCUT2D eigenvalue weighted by molar-refractivity contribution is 6.35. The summed E-state index contributed by atoms with van der Waals surface area (Å²) in [6.45, 7) is 2.97. The number of nitrogens with zero attached hydrogens (tertiary/aromatic N) is 2. The maximum Gasteiger partial charge on any atom is 0.146 e. The quantitative estimate of drug-likeness (QED) is 0.887. The standard InChI is InChI=1S/C12H14Cl2N4/c1-2-5-15-11(12-16-7-17-18-12)9-4-3-8(13)6-10(9)14/h3-4,6-7,11,15H,2,5H2,1H3,(H,16,17,18). The first-order valence-electron chi connectivity index (χ1n) is 5.76. The van der Waals surface area contributed by atoms with Crippen molar-refractivity contribution in [3.63, 3.8) is 0 Å². The molecular formula is C12H14Cl2N4. The molecule has 0 amide bonds. The summed E-state index contributed by atoms with van der Waals surface area (Å²) in [5.74, 6) is 0.743. The van der Waals surface area contributed by atoms with Gasteiger partial charge >= 0.3 is 0 Å². The predicted octanol–water partition coefficient (Wildman–Crippen LogP) is 3.20. The van der Waals surface area contributed by atoms with Crippen molar-refractivity contribution < 1.29 is 0 Å². The Morgan fingerprint density at radius 2 is 2.22 bits per heavy atom. The molecule has 6 heteroatoms. The topological polar surface area (TPSA) is 53.6 Å². The number of H-pyrrole nitrogens is 1. The van der Waals surface area contributed by atoms with Crippen molar-refractivity contribution in [2.24, 2.45) is 0 Å². The molecule has 2 N–H and O–H groups in total. The Bertz CT molecular complexity index is 499. The molecule has 1 unspecified atom stereocenters. The largest absolute Gasteiger partial charge is 0.304 e. The van der Waals surface area contributed by atoms with E-state index in [1.807, 2.05) is 12.1 Å². The van der Waals surface area contributed by atoms with E-state index in [2.05, 4.69) is 27.4 Å². The van der Waals surface area contributed by atoms with Gasteiger partial charge in [0.25, 0.3) is 0 Å². The third kappa shape index (κ3) is 3.02. The molecule has 0 aliphatic carbocycles. The van der Waals surface area contributed by atoms with Crippen molar-refractivity contribution in [2.75, 3.05) is 6.54 Å². The van der Waals surface area contributed by atoms with Crippen LogP contribution >= 0.6 is 23.2 Å². The van der Waals surface area contributed by atoms with Crippen LogP contribution in [0.3, 0.4) is 0 Å². The Kier molecular flexibility index (Phi) is 4.58. The lowest BCUT2D eigenvalue weighted by Crippen LogP contribution is -2.24. The minimum Gasteiger partial charge on any atom is -0.304 e. The highest BCUT2D eigenvalue weighted by atomic mass is 35.5. The lowest BCUT2D eigenvalue weighted by molar-refractivity contribution is 0.574. The van der Waals surface area contributed by atoms with Gasteiger partial charge in [-0.3, -0.25) is 5.10 Å². The third-order valence-electron chi connectivity index (χ3n) is 2.58. The minimum atomic E-state index is -0.0998. The number of rotatable bonds is 5. The summed E-state index contributed by atoms with van der Waals surface area (Å²) in [5.41, 5.74) is 0.936. The molecule has 1 atom stereocenters. The molecular weight excluding hydrogens is 271 g/mol. The smallest absolute Gasteiger partial charge is 0.146 e. The first-order chi connectivity index (χ1) is 8.72. The molecule has 0 fully saturated rings. The lowest BCUT2D eigenvalue weighted by atomic mass is 10.1. The summed E-state index contributed by atoms with van der Waals surface area (Å²) < 4.78 is 0. The van der Waals surface area contributed by atoms with E-state index in [0.717, 1.165) is 24.4 Å². The summed E-state index contributed by atoms with van der Waals surface area (Å²) in [5, 5.41) is 11.4. The van der Waals surface area contributed by atoms with E-state index in [0.29, 0.717) is 10.0 Å². The summed E-state index contributed by atoms with van der Waals surface area (Å²) in [6.07, 6.45) is 2.51. The Labute approximate surface area is 116 Å². The second kappa shape index (κ2) is 6.18. The van der Waals surface area contributed by atoms with Crippen LogP contribution in [0.1, 0.15) is 30.8 Å². The molecule has 0 bridgehead atoms. The van der Waals surface area contributed by atoms with Crippen molar-refractivity contribution in [3.8, 4) is 0 Å². The number of aromatic amines is 1. The van der Waals surface area contributed by atoms with Crippen LogP contribution in [0.15, 0.2) is 24.5 Å². The van der Waals surface area contributed by atoms with Crippen molar-refractivity contribution in [1.82, 2.24) is 20.5 Å². The number of halogens is 2. The molecule has 2 aromatic rings. The second-order valence-electron chi connectivity index (χ2n) is 3.92. The average Bonchev–Trinajstić information content (AvgIpc) is 2.85. The molecule has 96 valence electrons. The molecule has 0 radical (unpaired) electrons. The van der Waals surface area contributed by atoms with Crippen LogP contribution in [-0.4, -0.2) is 21.7 Å². The number of hydrogen-bond acceptors (Lipinski definition) is 3. The summed E-state index contributed by atoms with van der Waals surface area (Å²) in [6, 6.07) is 5.35. The summed E-state index contributed by atoms with van der Waals surface area (Å²) in [7, 11) is 0. The summed E-state index contributed by atoms with van der Waals surface area (Å²) >= 11 is 12.1. The van der Waals surface area contributed by atoms with Gasteiger partial charge in [0.1, 0.15) is 12.2 Å². The zero-order valence-corrected chi connectivity index (χ0v) is 11.5. The second-order valence-corrected chi connectivity index (χ2v) is 4.77. The molecule has 0 spiro atoms. The molecule has 1 aromatic heterocycles. The van der Waals surface area contributed by atoms with Crippen molar-refractivity contribution >= 4 is 23.2 Å². The molecule has 0 saturated carbocycles. The molecule has 1 heterocycles. The van der Waals surface area contributed by atoms with Crippen molar-refractivity contribution in [2.45, 2.75) is 19.4 Å². The van der Waals surface area contributed by atoms with Gasteiger partial charge in [0, 0.05) is 10.0 Å². The lowest BCUT2D eigenvalue weighted by Gasteiger charge is -2.17. The highest BCUT2D eigenvalue weighted by Gasteiger charge is 2.18. The van der Waals surface area contributed by atoms with Crippen LogP contribution in [-0.2, 0) is 0 Å². The van der Waals surface area contributed by atoms with Gasteiger partial charge in [0.05, 0.1) is 6.04 Å². The number of nitrogens with one attached hydrogen (secondary N) is 2. The molecule has 4 nitrogen and oxygen atoms in total. The Morgan fingerprint density at radius 3 is 2.83 bits per heavy atom. The third-order valence-corrected chi connectivity index (χ3v) is 3.14. The predicted molar refractivity (Wildman–Crippen MR) is 73.0 cm³/mol. The Balaban J connectivity index is 2.33. The molecule has 0 aliphatic rings. The number of benzene rings is 1. The van der Waals surface area contributed by atoms with E-state index < -0.39 is 0 Å². The fourth-order valence-electron chi connectivity index (χ4n) is 1.73. The zero-order valence-electron chi connectivity index (χ0n) is 9.95. The van der Waals surface area contributed by atoms with Crippen LogP contribution in [0, 0.1) is 0 Å². The van der Waals surface area contributed by atoms with Gasteiger partial charge < -0.3 is 5.32 Å². The van der Waals surface area contributed by atoms with E-state index in [1.54, 1.807) is 6.07 Å². The van der Waals surface area contributed by atoms with Crippen molar-refractivity contribution in [1.29, 1.82) is 0 Å². The van der Waals surface area contributed by atoms with Gasteiger partial charge in [0.2, 0.25) is 0 Å². The van der Waals surface area contributed by atoms with Gasteiger partial charge in [0.15, 0.2) is 0 Å².